The number of nitrogens with zero attached hydrogens (tertiary/aromatic N) is 2. The highest BCUT2D eigenvalue weighted by atomic mass is 16.6. The van der Waals surface area contributed by atoms with Crippen LogP contribution in [0.5, 0.6) is 0 Å². The number of carbonyl (C=O) groups is 1. The van der Waals surface area contributed by atoms with Gasteiger partial charge in [-0.3, -0.25) is 0 Å². The van der Waals surface area contributed by atoms with Crippen molar-refractivity contribution >= 4 is 6.09 Å². The van der Waals surface area contributed by atoms with Crippen molar-refractivity contribution in [1.82, 2.24) is 15.1 Å². The molecular weight excluding hydrogens is 290 g/mol. The largest absolute Gasteiger partial charge is 0.444 e. The average Bonchev–Trinajstić information content (AvgIpc) is 2.46. The van der Waals surface area contributed by atoms with Crippen LogP contribution in [-0.4, -0.2) is 67.3 Å². The zero-order chi connectivity index (χ0) is 16.9. The van der Waals surface area contributed by atoms with Crippen LogP contribution in [0, 0.1) is 5.92 Å². The van der Waals surface area contributed by atoms with Crippen LogP contribution in [0.15, 0.2) is 0 Å². The van der Waals surface area contributed by atoms with Gasteiger partial charge in [0.05, 0.1) is 0 Å². The molecule has 2 fully saturated rings. The molecule has 2 unspecified atom stereocenters. The van der Waals surface area contributed by atoms with Crippen LogP contribution < -0.4 is 5.32 Å². The summed E-state index contributed by atoms with van der Waals surface area (Å²) in [4.78, 5) is 16.5. The summed E-state index contributed by atoms with van der Waals surface area (Å²) in [6, 6.07) is 0.638. The molecule has 0 aromatic rings. The van der Waals surface area contributed by atoms with E-state index in [4.69, 9.17) is 4.74 Å². The topological polar surface area (TPSA) is 44.8 Å². The van der Waals surface area contributed by atoms with E-state index in [2.05, 4.69) is 17.3 Å². The maximum absolute atomic E-state index is 12.2. The molecule has 5 heteroatoms. The lowest BCUT2D eigenvalue weighted by Crippen LogP contribution is -2.46. The number of hydrogen-bond acceptors (Lipinski definition) is 4. The van der Waals surface area contributed by atoms with Gasteiger partial charge in [-0.1, -0.05) is 0 Å². The van der Waals surface area contributed by atoms with Gasteiger partial charge < -0.3 is 19.9 Å². The van der Waals surface area contributed by atoms with E-state index in [0.29, 0.717) is 12.0 Å². The van der Waals surface area contributed by atoms with Crippen LogP contribution in [-0.2, 0) is 4.74 Å². The van der Waals surface area contributed by atoms with E-state index in [-0.39, 0.29) is 6.09 Å². The van der Waals surface area contributed by atoms with Crippen molar-refractivity contribution in [2.45, 2.75) is 64.5 Å². The molecule has 0 bridgehead atoms. The molecule has 2 atom stereocenters. The summed E-state index contributed by atoms with van der Waals surface area (Å²) >= 11 is 0. The van der Waals surface area contributed by atoms with Gasteiger partial charge in [-0.25, -0.2) is 4.79 Å². The van der Waals surface area contributed by atoms with E-state index >= 15 is 0 Å². The maximum Gasteiger partial charge on any atom is 0.410 e. The van der Waals surface area contributed by atoms with Gasteiger partial charge >= 0.3 is 6.09 Å². The van der Waals surface area contributed by atoms with Crippen LogP contribution in [0.1, 0.15) is 52.9 Å². The first-order valence-electron chi connectivity index (χ1n) is 9.23. The number of ether oxygens (including phenoxy) is 1. The molecule has 0 spiro atoms. The number of piperidine rings is 2. The van der Waals surface area contributed by atoms with E-state index in [9.17, 15) is 4.79 Å². The summed E-state index contributed by atoms with van der Waals surface area (Å²) in [6.45, 7) is 10.9. The number of hydrogen-bond donors (Lipinski definition) is 1. The molecule has 2 aliphatic rings. The first-order valence-corrected chi connectivity index (χ1v) is 9.23. The molecule has 0 radical (unpaired) electrons. The zero-order valence-corrected chi connectivity index (χ0v) is 15.4. The molecule has 23 heavy (non-hydrogen) atoms. The van der Waals surface area contributed by atoms with E-state index in [1.165, 1.54) is 25.8 Å². The molecule has 0 aliphatic carbocycles. The molecule has 2 rings (SSSR count). The Hall–Kier alpha value is -0.810. The molecule has 0 aromatic carbocycles. The van der Waals surface area contributed by atoms with Crippen molar-refractivity contribution in [2.75, 3.05) is 39.8 Å². The molecule has 1 amide bonds. The first-order chi connectivity index (χ1) is 10.8. The second kappa shape index (κ2) is 8.34. The lowest BCUT2D eigenvalue weighted by molar-refractivity contribution is 0.0161. The molecule has 1 N–H and O–H groups in total. The zero-order valence-electron chi connectivity index (χ0n) is 15.4. The minimum Gasteiger partial charge on any atom is -0.444 e. The lowest BCUT2D eigenvalue weighted by atomic mass is 9.94. The second-order valence-electron chi connectivity index (χ2n) is 8.28. The fourth-order valence-corrected chi connectivity index (χ4v) is 3.62. The smallest absolute Gasteiger partial charge is 0.410 e. The van der Waals surface area contributed by atoms with E-state index in [1.807, 2.05) is 25.7 Å². The van der Waals surface area contributed by atoms with Crippen molar-refractivity contribution in [3.8, 4) is 0 Å². The van der Waals surface area contributed by atoms with Crippen molar-refractivity contribution in [2.24, 2.45) is 5.92 Å². The molecule has 2 aliphatic heterocycles. The first kappa shape index (κ1) is 18.5. The molecule has 2 saturated heterocycles. The molecule has 0 aromatic heterocycles. The third-order valence-electron chi connectivity index (χ3n) is 4.78. The van der Waals surface area contributed by atoms with Gasteiger partial charge in [-0.15, -0.1) is 0 Å². The second-order valence-corrected chi connectivity index (χ2v) is 8.28. The van der Waals surface area contributed by atoms with Crippen molar-refractivity contribution in [3.05, 3.63) is 0 Å². The minimum atomic E-state index is -0.404. The van der Waals surface area contributed by atoms with Crippen LogP contribution in [0.4, 0.5) is 4.79 Å². The summed E-state index contributed by atoms with van der Waals surface area (Å²) < 4.78 is 5.50. The van der Waals surface area contributed by atoms with Gasteiger partial charge in [0.25, 0.3) is 0 Å². The number of likely N-dealkylation sites (tertiary alicyclic amines) is 2. The predicted octanol–water partition coefficient (Wildman–Crippen LogP) is 2.71. The van der Waals surface area contributed by atoms with Gasteiger partial charge in [-0.05, 0) is 78.9 Å². The highest BCUT2D eigenvalue weighted by Crippen LogP contribution is 2.21. The summed E-state index contributed by atoms with van der Waals surface area (Å²) in [7, 11) is 2.20. The summed E-state index contributed by atoms with van der Waals surface area (Å²) in [5, 5.41) is 3.71. The molecule has 2 heterocycles. The van der Waals surface area contributed by atoms with Crippen LogP contribution in [0.2, 0.25) is 0 Å². The van der Waals surface area contributed by atoms with Crippen LogP contribution in [0.25, 0.3) is 0 Å². The Morgan fingerprint density at radius 3 is 2.61 bits per heavy atom. The van der Waals surface area contributed by atoms with Gasteiger partial charge in [0.15, 0.2) is 0 Å². The summed E-state index contributed by atoms with van der Waals surface area (Å²) in [6.07, 6.45) is 5.91. The standard InChI is InChI=1S/C18H35N3O2/c1-18(2,3)23-17(22)21-12-5-7-15(13-21)9-10-19-16-8-6-11-20(4)14-16/h15-16,19H,5-14H2,1-4H3. The fourth-order valence-electron chi connectivity index (χ4n) is 3.62. The predicted molar refractivity (Wildman–Crippen MR) is 93.7 cm³/mol. The Bertz CT molecular complexity index is 381. The normalized spacial score (nSPS) is 27.0. The Labute approximate surface area is 141 Å². The average molecular weight is 325 g/mol. The SMILES string of the molecule is CN1CCCC(NCCC2CCCN(C(=O)OC(C)(C)C)C2)C1. The van der Waals surface area contributed by atoms with E-state index < -0.39 is 5.60 Å². The Kier molecular flexibility index (Phi) is 6.72. The van der Waals surface area contributed by atoms with Gasteiger partial charge in [0.1, 0.15) is 5.60 Å². The van der Waals surface area contributed by atoms with Crippen molar-refractivity contribution in [3.63, 3.8) is 0 Å². The summed E-state index contributed by atoms with van der Waals surface area (Å²) in [5.74, 6) is 0.602. The molecule has 0 saturated carbocycles. The molecular formula is C18H35N3O2. The number of likely N-dealkylation sites (N-methyl/N-ethyl adjacent to an activating group) is 1. The van der Waals surface area contributed by atoms with E-state index in [1.54, 1.807) is 0 Å². The Balaban J connectivity index is 1.68. The summed E-state index contributed by atoms with van der Waals surface area (Å²) in [5.41, 5.74) is -0.404. The lowest BCUT2D eigenvalue weighted by Gasteiger charge is -2.35. The van der Waals surface area contributed by atoms with Gasteiger partial charge in [0, 0.05) is 25.7 Å². The number of nitrogens with one attached hydrogen (secondary N) is 1. The Morgan fingerprint density at radius 2 is 1.91 bits per heavy atom. The van der Waals surface area contributed by atoms with Crippen LogP contribution in [0.3, 0.4) is 0 Å². The quantitative estimate of drug-likeness (QED) is 0.863. The number of amides is 1. The third kappa shape index (κ3) is 6.68. The monoisotopic (exact) mass is 325 g/mol. The number of carbonyl (C=O) groups excluding carboxylic acids is 1. The van der Waals surface area contributed by atoms with Crippen LogP contribution >= 0.6 is 0 Å². The van der Waals surface area contributed by atoms with E-state index in [0.717, 1.165) is 39.0 Å². The van der Waals surface area contributed by atoms with Crippen molar-refractivity contribution in [1.29, 1.82) is 0 Å². The minimum absolute atomic E-state index is 0.149. The highest BCUT2D eigenvalue weighted by Gasteiger charge is 2.27. The number of rotatable bonds is 4. The highest BCUT2D eigenvalue weighted by molar-refractivity contribution is 5.68. The van der Waals surface area contributed by atoms with Crippen molar-refractivity contribution < 1.29 is 9.53 Å². The molecule has 134 valence electrons. The van der Waals surface area contributed by atoms with Gasteiger partial charge in [0.2, 0.25) is 0 Å². The third-order valence-corrected chi connectivity index (χ3v) is 4.78. The fraction of sp³-hybridized carbons (Fsp3) is 0.944. The Morgan fingerprint density at radius 1 is 1.17 bits per heavy atom. The van der Waals surface area contributed by atoms with Gasteiger partial charge in [-0.2, -0.15) is 0 Å². The molecule has 5 nitrogen and oxygen atoms in total. The maximum atomic E-state index is 12.2.